The number of carbonyl (C=O) groups excluding carboxylic acids is 2. The van der Waals surface area contributed by atoms with Gasteiger partial charge in [-0.15, -0.1) is 0 Å². The predicted molar refractivity (Wildman–Crippen MR) is 117 cm³/mol. The molecule has 0 saturated carbocycles. The molecule has 2 aromatic rings. The molecule has 30 heavy (non-hydrogen) atoms. The highest BCUT2D eigenvalue weighted by atomic mass is 16.5. The van der Waals surface area contributed by atoms with Crippen molar-refractivity contribution >= 4 is 17.8 Å². The summed E-state index contributed by atoms with van der Waals surface area (Å²) < 4.78 is 5.38. The Labute approximate surface area is 176 Å². The standard InChI is InChI=1S/C22H29N5O3/c1-3-24-22(25-13-12-17-6-4-5-7-19(17)30-2)27-14-16-8-10-18(11-9-16)21(29)26-15-20(23)28/h4-11H,3,12-15H2,1-2H3,(H2,23,28)(H,26,29)(H2,24,25,27). The summed E-state index contributed by atoms with van der Waals surface area (Å²) >= 11 is 0. The number of benzene rings is 2. The highest BCUT2D eigenvalue weighted by molar-refractivity contribution is 5.96. The summed E-state index contributed by atoms with van der Waals surface area (Å²) in [5.74, 6) is 0.676. The number of guanidine groups is 1. The zero-order chi connectivity index (χ0) is 21.8. The fraction of sp³-hybridized carbons (Fsp3) is 0.318. The maximum Gasteiger partial charge on any atom is 0.251 e. The van der Waals surface area contributed by atoms with Crippen LogP contribution < -0.4 is 26.4 Å². The van der Waals surface area contributed by atoms with Crippen LogP contribution in [0.15, 0.2) is 53.5 Å². The van der Waals surface area contributed by atoms with Gasteiger partial charge in [-0.05, 0) is 42.7 Å². The van der Waals surface area contributed by atoms with Gasteiger partial charge >= 0.3 is 0 Å². The number of hydrogen-bond acceptors (Lipinski definition) is 4. The van der Waals surface area contributed by atoms with Crippen LogP contribution in [0.2, 0.25) is 0 Å². The molecule has 0 aliphatic heterocycles. The van der Waals surface area contributed by atoms with E-state index in [1.54, 1.807) is 19.2 Å². The van der Waals surface area contributed by atoms with Crippen LogP contribution in [0.25, 0.3) is 0 Å². The minimum Gasteiger partial charge on any atom is -0.496 e. The zero-order valence-electron chi connectivity index (χ0n) is 17.4. The van der Waals surface area contributed by atoms with Gasteiger partial charge in [-0.2, -0.15) is 0 Å². The van der Waals surface area contributed by atoms with Gasteiger partial charge in [-0.1, -0.05) is 30.3 Å². The van der Waals surface area contributed by atoms with Gasteiger partial charge in [0.25, 0.3) is 5.91 Å². The molecule has 0 atom stereocenters. The summed E-state index contributed by atoms with van der Waals surface area (Å²) in [5.41, 5.74) is 7.59. The van der Waals surface area contributed by atoms with Crippen molar-refractivity contribution in [3.8, 4) is 5.75 Å². The van der Waals surface area contributed by atoms with Crippen LogP contribution in [0.4, 0.5) is 0 Å². The minimum atomic E-state index is -0.580. The van der Waals surface area contributed by atoms with Crippen molar-refractivity contribution < 1.29 is 14.3 Å². The molecule has 0 fully saturated rings. The molecule has 0 spiro atoms. The normalized spacial score (nSPS) is 10.9. The van der Waals surface area contributed by atoms with Crippen LogP contribution in [-0.2, 0) is 17.8 Å². The molecular weight excluding hydrogens is 382 g/mol. The molecule has 2 aromatic carbocycles. The zero-order valence-corrected chi connectivity index (χ0v) is 17.4. The van der Waals surface area contributed by atoms with Gasteiger partial charge in [-0.3, -0.25) is 9.59 Å². The first-order chi connectivity index (χ1) is 14.5. The first-order valence-corrected chi connectivity index (χ1v) is 9.83. The van der Waals surface area contributed by atoms with Gasteiger partial charge in [-0.25, -0.2) is 4.99 Å². The van der Waals surface area contributed by atoms with E-state index in [2.05, 4.69) is 20.9 Å². The third kappa shape index (κ3) is 7.46. The van der Waals surface area contributed by atoms with Gasteiger partial charge in [0.1, 0.15) is 5.75 Å². The highest BCUT2D eigenvalue weighted by Gasteiger charge is 2.06. The lowest BCUT2D eigenvalue weighted by Crippen LogP contribution is -2.38. The molecule has 0 heterocycles. The van der Waals surface area contributed by atoms with Crippen molar-refractivity contribution in [1.82, 2.24) is 16.0 Å². The molecule has 0 saturated heterocycles. The second kappa shape index (κ2) is 12.1. The maximum absolute atomic E-state index is 11.9. The Morgan fingerprint density at radius 3 is 2.43 bits per heavy atom. The second-order valence-electron chi connectivity index (χ2n) is 6.53. The van der Waals surface area contributed by atoms with Gasteiger partial charge in [0.15, 0.2) is 5.96 Å². The van der Waals surface area contributed by atoms with Crippen molar-refractivity contribution in [3.05, 3.63) is 65.2 Å². The van der Waals surface area contributed by atoms with Gasteiger partial charge in [0, 0.05) is 18.7 Å². The van der Waals surface area contributed by atoms with Gasteiger partial charge in [0.05, 0.1) is 20.2 Å². The Balaban J connectivity index is 1.90. The van der Waals surface area contributed by atoms with Crippen molar-refractivity contribution in [2.75, 3.05) is 26.7 Å². The minimum absolute atomic E-state index is 0.183. The van der Waals surface area contributed by atoms with E-state index in [0.717, 1.165) is 35.8 Å². The molecule has 2 amide bonds. The lowest BCUT2D eigenvalue weighted by molar-refractivity contribution is -0.117. The van der Waals surface area contributed by atoms with E-state index in [9.17, 15) is 9.59 Å². The fourth-order valence-corrected chi connectivity index (χ4v) is 2.77. The van der Waals surface area contributed by atoms with Crippen LogP contribution in [0.3, 0.4) is 0 Å². The van der Waals surface area contributed by atoms with Gasteiger partial charge < -0.3 is 26.4 Å². The Morgan fingerprint density at radius 1 is 1.03 bits per heavy atom. The monoisotopic (exact) mass is 411 g/mol. The number of rotatable bonds is 10. The van der Waals surface area contributed by atoms with Crippen LogP contribution in [0.1, 0.15) is 28.4 Å². The van der Waals surface area contributed by atoms with Crippen LogP contribution >= 0.6 is 0 Å². The van der Waals surface area contributed by atoms with Crippen LogP contribution in [0, 0.1) is 0 Å². The summed E-state index contributed by atoms with van der Waals surface area (Å²) in [4.78, 5) is 27.3. The summed E-state index contributed by atoms with van der Waals surface area (Å²) in [6, 6.07) is 15.0. The molecule has 0 aliphatic carbocycles. The number of amides is 2. The quantitative estimate of drug-likeness (QED) is 0.346. The first-order valence-electron chi connectivity index (χ1n) is 9.83. The average Bonchev–Trinajstić information content (AvgIpc) is 2.76. The SMILES string of the molecule is CCNC(=NCc1ccc(C(=O)NCC(N)=O)cc1)NCCc1ccccc1OC. The number of primary amides is 1. The van der Waals surface area contributed by atoms with E-state index >= 15 is 0 Å². The van der Waals surface area contributed by atoms with E-state index in [0.29, 0.717) is 18.7 Å². The number of carbonyl (C=O) groups is 2. The maximum atomic E-state index is 11.9. The smallest absolute Gasteiger partial charge is 0.251 e. The fourth-order valence-electron chi connectivity index (χ4n) is 2.77. The Hall–Kier alpha value is -3.55. The molecule has 8 nitrogen and oxygen atoms in total. The van der Waals surface area contributed by atoms with Gasteiger partial charge in [0.2, 0.25) is 5.91 Å². The summed E-state index contributed by atoms with van der Waals surface area (Å²) in [5, 5.41) is 9.01. The van der Waals surface area contributed by atoms with Crippen LogP contribution in [0.5, 0.6) is 5.75 Å². The van der Waals surface area contributed by atoms with E-state index in [1.165, 1.54) is 0 Å². The molecule has 0 bridgehead atoms. The number of nitrogens with zero attached hydrogens (tertiary/aromatic N) is 1. The molecule has 0 radical (unpaired) electrons. The number of nitrogens with one attached hydrogen (secondary N) is 3. The summed E-state index contributed by atoms with van der Waals surface area (Å²) in [6.45, 7) is 3.76. The number of para-hydroxylation sites is 1. The Bertz CT molecular complexity index is 865. The largest absolute Gasteiger partial charge is 0.496 e. The number of ether oxygens (including phenoxy) is 1. The lowest BCUT2D eigenvalue weighted by Gasteiger charge is -2.13. The third-order valence-electron chi connectivity index (χ3n) is 4.28. The topological polar surface area (TPSA) is 118 Å². The molecule has 8 heteroatoms. The summed E-state index contributed by atoms with van der Waals surface area (Å²) in [6.07, 6.45) is 0.809. The average molecular weight is 412 g/mol. The lowest BCUT2D eigenvalue weighted by atomic mass is 10.1. The van der Waals surface area contributed by atoms with E-state index < -0.39 is 5.91 Å². The number of hydrogen-bond donors (Lipinski definition) is 4. The highest BCUT2D eigenvalue weighted by Crippen LogP contribution is 2.17. The Kier molecular flexibility index (Phi) is 9.18. The van der Waals surface area contributed by atoms with Crippen molar-refractivity contribution in [1.29, 1.82) is 0 Å². The van der Waals surface area contributed by atoms with E-state index in [4.69, 9.17) is 10.5 Å². The molecule has 0 aliphatic rings. The first kappa shape index (κ1) is 22.7. The molecule has 0 unspecified atom stereocenters. The summed E-state index contributed by atoms with van der Waals surface area (Å²) in [7, 11) is 1.67. The number of aliphatic imine (C=N–C) groups is 1. The molecule has 0 aromatic heterocycles. The Morgan fingerprint density at radius 2 is 1.77 bits per heavy atom. The van der Waals surface area contributed by atoms with Crippen molar-refractivity contribution in [3.63, 3.8) is 0 Å². The van der Waals surface area contributed by atoms with Crippen molar-refractivity contribution in [2.45, 2.75) is 19.9 Å². The second-order valence-corrected chi connectivity index (χ2v) is 6.53. The number of nitrogens with two attached hydrogens (primary N) is 1. The van der Waals surface area contributed by atoms with E-state index in [1.807, 2.05) is 43.3 Å². The number of methoxy groups -OCH3 is 1. The van der Waals surface area contributed by atoms with Crippen LogP contribution in [-0.4, -0.2) is 44.5 Å². The third-order valence-corrected chi connectivity index (χ3v) is 4.28. The predicted octanol–water partition coefficient (Wildman–Crippen LogP) is 1.21. The van der Waals surface area contributed by atoms with Crippen molar-refractivity contribution in [2.24, 2.45) is 10.7 Å². The molecule has 2 rings (SSSR count). The molecular formula is C22H29N5O3. The van der Waals surface area contributed by atoms with E-state index in [-0.39, 0.29) is 12.5 Å². The molecule has 160 valence electrons. The molecule has 5 N–H and O–H groups in total.